The number of amides is 2. The van der Waals surface area contributed by atoms with Crippen molar-refractivity contribution >= 4 is 18.0 Å². The van der Waals surface area contributed by atoms with Crippen LogP contribution in [0.3, 0.4) is 0 Å². The third-order valence-corrected chi connectivity index (χ3v) is 5.70. The molecule has 1 aliphatic rings. The second-order valence-electron chi connectivity index (χ2n) is 7.92. The number of ether oxygens (including phenoxy) is 1. The van der Waals surface area contributed by atoms with E-state index in [0.29, 0.717) is 0 Å². The first-order valence-corrected chi connectivity index (χ1v) is 10.9. The molecule has 9 nitrogen and oxygen atoms in total. The van der Waals surface area contributed by atoms with Crippen LogP contribution in [0.15, 0.2) is 67.3 Å². The van der Waals surface area contributed by atoms with Crippen LogP contribution in [0.1, 0.15) is 35.4 Å². The summed E-state index contributed by atoms with van der Waals surface area (Å²) in [5.41, 5.74) is 5.05. The molecule has 1 aliphatic carbocycles. The minimum atomic E-state index is -1.25. The predicted molar refractivity (Wildman–Crippen MR) is 123 cm³/mol. The fraction of sp³-hybridized carbons (Fsp3) is 0.240. The standard InChI is InChI=1S/C25H24N4O5/c30-23(28-13-16-11-26-15-27-12-16)10-9-22(24(31)32)29-25(33)34-14-21-19-7-3-1-5-17(19)18-6-2-4-8-20(18)21/h1-8,11-12,15,21-22H,9-10,13-14H2,(H,28,30)(H,29,33)(H,31,32)/t22-/m0/s1. The van der Waals surface area contributed by atoms with E-state index in [1.165, 1.54) is 6.33 Å². The first-order valence-electron chi connectivity index (χ1n) is 10.9. The molecular weight excluding hydrogens is 436 g/mol. The number of aliphatic carboxylic acids is 1. The number of fused-ring (bicyclic) bond motifs is 3. The fourth-order valence-electron chi connectivity index (χ4n) is 4.03. The van der Waals surface area contributed by atoms with E-state index in [0.717, 1.165) is 27.8 Å². The van der Waals surface area contributed by atoms with E-state index in [2.05, 4.69) is 20.6 Å². The first kappa shape index (κ1) is 22.9. The topological polar surface area (TPSA) is 131 Å². The van der Waals surface area contributed by atoms with Gasteiger partial charge < -0.3 is 20.5 Å². The van der Waals surface area contributed by atoms with Gasteiger partial charge in [0.2, 0.25) is 5.91 Å². The van der Waals surface area contributed by atoms with Crippen LogP contribution in [-0.4, -0.2) is 45.7 Å². The summed E-state index contributed by atoms with van der Waals surface area (Å²) in [7, 11) is 0. The van der Waals surface area contributed by atoms with Crippen molar-refractivity contribution in [1.82, 2.24) is 20.6 Å². The maximum absolute atomic E-state index is 12.4. The number of carbonyl (C=O) groups is 3. The maximum Gasteiger partial charge on any atom is 0.407 e. The molecular formula is C25H24N4O5. The summed E-state index contributed by atoms with van der Waals surface area (Å²) < 4.78 is 5.40. The Hall–Kier alpha value is -4.27. The van der Waals surface area contributed by atoms with Crippen LogP contribution in [-0.2, 0) is 20.9 Å². The Kier molecular flexibility index (Phi) is 7.12. The van der Waals surface area contributed by atoms with Gasteiger partial charge in [-0.25, -0.2) is 19.6 Å². The molecule has 1 heterocycles. The van der Waals surface area contributed by atoms with E-state index in [4.69, 9.17) is 4.74 Å². The SMILES string of the molecule is O=C(CC[C@H](NC(=O)OCC1c2ccccc2-c2ccccc21)C(=O)O)NCc1cncnc1. The van der Waals surface area contributed by atoms with Crippen LogP contribution < -0.4 is 10.6 Å². The highest BCUT2D eigenvalue weighted by Crippen LogP contribution is 2.44. The van der Waals surface area contributed by atoms with Crippen LogP contribution >= 0.6 is 0 Å². The van der Waals surface area contributed by atoms with Crippen molar-refractivity contribution in [1.29, 1.82) is 0 Å². The Morgan fingerprint density at radius 3 is 2.21 bits per heavy atom. The highest BCUT2D eigenvalue weighted by Gasteiger charge is 2.29. The van der Waals surface area contributed by atoms with Gasteiger partial charge in [-0.05, 0) is 28.7 Å². The molecule has 0 unspecified atom stereocenters. The van der Waals surface area contributed by atoms with Crippen molar-refractivity contribution in [2.75, 3.05) is 6.61 Å². The zero-order valence-electron chi connectivity index (χ0n) is 18.3. The molecule has 3 aromatic rings. The van der Waals surface area contributed by atoms with Gasteiger partial charge in [-0.15, -0.1) is 0 Å². The Bertz CT molecular complexity index is 1140. The molecule has 1 atom stereocenters. The normalized spacial score (nSPS) is 12.8. The van der Waals surface area contributed by atoms with Gasteiger partial charge in [0.1, 0.15) is 19.0 Å². The van der Waals surface area contributed by atoms with Gasteiger partial charge in [-0.2, -0.15) is 0 Å². The van der Waals surface area contributed by atoms with Crippen LogP contribution in [0.4, 0.5) is 4.79 Å². The average molecular weight is 460 g/mol. The molecule has 34 heavy (non-hydrogen) atoms. The van der Waals surface area contributed by atoms with Gasteiger partial charge in [0, 0.05) is 36.8 Å². The van der Waals surface area contributed by atoms with Crippen molar-refractivity contribution < 1.29 is 24.2 Å². The monoisotopic (exact) mass is 460 g/mol. The molecule has 174 valence electrons. The second-order valence-corrected chi connectivity index (χ2v) is 7.92. The van der Waals surface area contributed by atoms with E-state index in [9.17, 15) is 19.5 Å². The molecule has 0 aliphatic heterocycles. The van der Waals surface area contributed by atoms with Gasteiger partial charge in [-0.3, -0.25) is 4.79 Å². The summed E-state index contributed by atoms with van der Waals surface area (Å²) in [4.78, 5) is 43.8. The van der Waals surface area contributed by atoms with Crippen LogP contribution in [0.25, 0.3) is 11.1 Å². The number of carbonyl (C=O) groups excluding carboxylic acids is 2. The Balaban J connectivity index is 1.29. The van der Waals surface area contributed by atoms with Crippen molar-refractivity contribution in [2.45, 2.75) is 31.3 Å². The van der Waals surface area contributed by atoms with Gasteiger partial charge in [0.05, 0.1) is 0 Å². The molecule has 0 fully saturated rings. The number of nitrogens with zero attached hydrogens (tertiary/aromatic N) is 2. The summed E-state index contributed by atoms with van der Waals surface area (Å²) in [6.45, 7) is 0.309. The van der Waals surface area contributed by atoms with E-state index in [1.54, 1.807) is 12.4 Å². The lowest BCUT2D eigenvalue weighted by molar-refractivity contribution is -0.139. The molecule has 0 saturated carbocycles. The molecule has 0 radical (unpaired) electrons. The van der Waals surface area contributed by atoms with E-state index in [1.807, 2.05) is 48.5 Å². The molecule has 0 bridgehead atoms. The molecule has 4 rings (SSSR count). The van der Waals surface area contributed by atoms with Gasteiger partial charge in [0.25, 0.3) is 0 Å². The third kappa shape index (κ3) is 5.37. The largest absolute Gasteiger partial charge is 0.480 e. The quantitative estimate of drug-likeness (QED) is 0.448. The number of nitrogens with one attached hydrogen (secondary N) is 2. The fourth-order valence-corrected chi connectivity index (χ4v) is 4.03. The van der Waals surface area contributed by atoms with Gasteiger partial charge >= 0.3 is 12.1 Å². The molecule has 1 aromatic heterocycles. The molecule has 2 aromatic carbocycles. The predicted octanol–water partition coefficient (Wildman–Crippen LogP) is 2.86. The Morgan fingerprint density at radius 2 is 1.59 bits per heavy atom. The number of alkyl carbamates (subject to hydrolysis) is 1. The van der Waals surface area contributed by atoms with E-state index in [-0.39, 0.29) is 37.8 Å². The van der Waals surface area contributed by atoms with Crippen LogP contribution in [0.2, 0.25) is 0 Å². The smallest absolute Gasteiger partial charge is 0.407 e. The highest BCUT2D eigenvalue weighted by molar-refractivity contribution is 5.82. The molecule has 0 spiro atoms. The zero-order valence-corrected chi connectivity index (χ0v) is 18.3. The minimum absolute atomic E-state index is 0.0728. The van der Waals surface area contributed by atoms with Crippen LogP contribution in [0.5, 0.6) is 0 Å². The zero-order chi connectivity index (χ0) is 23.9. The summed E-state index contributed by atoms with van der Waals surface area (Å²) in [5, 5.41) is 14.5. The van der Waals surface area contributed by atoms with E-state index >= 15 is 0 Å². The molecule has 0 saturated heterocycles. The summed E-state index contributed by atoms with van der Waals surface area (Å²) in [6.07, 6.45) is 3.55. The highest BCUT2D eigenvalue weighted by atomic mass is 16.5. The van der Waals surface area contributed by atoms with Gasteiger partial charge in [0.15, 0.2) is 0 Å². The summed E-state index contributed by atoms with van der Waals surface area (Å²) in [5.74, 6) is -1.71. The van der Waals surface area contributed by atoms with Crippen molar-refractivity contribution in [3.63, 3.8) is 0 Å². The van der Waals surface area contributed by atoms with E-state index < -0.39 is 18.1 Å². The van der Waals surface area contributed by atoms with Crippen molar-refractivity contribution in [3.8, 4) is 11.1 Å². The summed E-state index contributed by atoms with van der Waals surface area (Å²) >= 11 is 0. The van der Waals surface area contributed by atoms with Crippen molar-refractivity contribution in [2.24, 2.45) is 0 Å². The third-order valence-electron chi connectivity index (χ3n) is 5.70. The first-order chi connectivity index (χ1) is 16.5. The van der Waals surface area contributed by atoms with Gasteiger partial charge in [-0.1, -0.05) is 48.5 Å². The number of aromatic nitrogens is 2. The Morgan fingerprint density at radius 1 is 0.971 bits per heavy atom. The number of hydrogen-bond acceptors (Lipinski definition) is 6. The Labute approximate surface area is 196 Å². The lowest BCUT2D eigenvalue weighted by Gasteiger charge is -2.17. The molecule has 3 N–H and O–H groups in total. The summed E-state index contributed by atoms with van der Waals surface area (Å²) in [6, 6.07) is 14.6. The number of hydrogen-bond donors (Lipinski definition) is 3. The van der Waals surface area contributed by atoms with Crippen molar-refractivity contribution in [3.05, 3.63) is 83.9 Å². The second kappa shape index (κ2) is 10.6. The number of carboxylic acid groups (broad SMARTS) is 1. The molecule has 9 heteroatoms. The average Bonchev–Trinajstić information content (AvgIpc) is 3.18. The number of carboxylic acids is 1. The number of benzene rings is 2. The lowest BCUT2D eigenvalue weighted by atomic mass is 9.98. The maximum atomic E-state index is 12.4. The lowest BCUT2D eigenvalue weighted by Crippen LogP contribution is -2.42. The van der Waals surface area contributed by atoms with Crippen LogP contribution in [0, 0.1) is 0 Å². The molecule has 2 amide bonds. The minimum Gasteiger partial charge on any atom is -0.480 e. The number of rotatable bonds is 9.